The van der Waals surface area contributed by atoms with Crippen molar-refractivity contribution in [3.05, 3.63) is 65.7 Å². The lowest BCUT2D eigenvalue weighted by atomic mass is 10.0. The van der Waals surface area contributed by atoms with E-state index in [1.165, 1.54) is 5.56 Å². The first-order chi connectivity index (χ1) is 12.4. The van der Waals surface area contributed by atoms with Crippen molar-refractivity contribution in [1.29, 1.82) is 0 Å². The predicted octanol–water partition coefficient (Wildman–Crippen LogP) is 3.54. The number of sulfone groups is 1. The number of nitrogens with one attached hydrogen (secondary N) is 1. The Hall–Kier alpha value is -2.34. The van der Waals surface area contributed by atoms with Crippen molar-refractivity contribution in [3.8, 4) is 0 Å². The van der Waals surface area contributed by atoms with Crippen LogP contribution in [0, 0.1) is 0 Å². The van der Waals surface area contributed by atoms with Crippen LogP contribution in [0.2, 0.25) is 0 Å². The van der Waals surface area contributed by atoms with E-state index in [2.05, 4.69) is 30.2 Å². The zero-order valence-corrected chi connectivity index (χ0v) is 16.2. The van der Waals surface area contributed by atoms with E-state index in [0.717, 1.165) is 11.3 Å². The Labute approximate surface area is 156 Å². The van der Waals surface area contributed by atoms with Gasteiger partial charge in [-0.25, -0.2) is 8.42 Å². The van der Waals surface area contributed by atoms with Crippen molar-refractivity contribution in [2.75, 3.05) is 17.6 Å². The summed E-state index contributed by atoms with van der Waals surface area (Å²) in [6.45, 7) is 4.63. The maximum atomic E-state index is 12.1. The number of hydrogen-bond donors (Lipinski definition) is 2. The van der Waals surface area contributed by atoms with Crippen LogP contribution in [0.5, 0.6) is 0 Å². The van der Waals surface area contributed by atoms with E-state index in [-0.39, 0.29) is 11.5 Å². The van der Waals surface area contributed by atoms with Crippen molar-refractivity contribution in [3.63, 3.8) is 0 Å². The molecule has 2 aromatic carbocycles. The summed E-state index contributed by atoms with van der Waals surface area (Å²) in [5.74, 6) is 0.894. The monoisotopic (exact) mass is 373 g/mol. The van der Waals surface area contributed by atoms with E-state index in [1.807, 2.05) is 48.5 Å². The fourth-order valence-electron chi connectivity index (χ4n) is 2.55. The van der Waals surface area contributed by atoms with Gasteiger partial charge in [0.15, 0.2) is 15.8 Å². The molecule has 0 aliphatic carbocycles. The third-order valence-electron chi connectivity index (χ3n) is 3.95. The van der Waals surface area contributed by atoms with Crippen molar-refractivity contribution in [2.24, 2.45) is 10.7 Å². The van der Waals surface area contributed by atoms with Crippen LogP contribution in [0.1, 0.15) is 37.3 Å². The topological polar surface area (TPSA) is 84.5 Å². The second-order valence-corrected chi connectivity index (χ2v) is 8.79. The molecule has 0 aliphatic rings. The van der Waals surface area contributed by atoms with Gasteiger partial charge in [-0.2, -0.15) is 0 Å². The molecule has 2 aromatic rings. The molecule has 0 heterocycles. The number of nitrogens with zero attached hydrogens (tertiary/aromatic N) is 1. The largest absolute Gasteiger partial charge is 0.370 e. The molecule has 26 heavy (non-hydrogen) atoms. The normalized spacial score (nSPS) is 12.3. The lowest BCUT2D eigenvalue weighted by Gasteiger charge is -2.10. The molecule has 5 nitrogen and oxygen atoms in total. The van der Waals surface area contributed by atoms with Crippen molar-refractivity contribution in [2.45, 2.75) is 31.9 Å². The first kappa shape index (κ1) is 20.0. The molecule has 0 bridgehead atoms. The highest BCUT2D eigenvalue weighted by Crippen LogP contribution is 2.18. The van der Waals surface area contributed by atoms with E-state index in [0.29, 0.717) is 24.8 Å². The SMILES string of the molecule is CC(C)c1cccc(NC(N)=NCCCS(=O)(=O)Cc2ccccc2)c1. The average Bonchev–Trinajstić information content (AvgIpc) is 2.59. The fraction of sp³-hybridized carbons (Fsp3) is 0.350. The molecule has 0 saturated carbocycles. The Kier molecular flexibility index (Phi) is 7.21. The minimum atomic E-state index is -3.14. The average molecular weight is 374 g/mol. The molecular weight excluding hydrogens is 346 g/mol. The Morgan fingerprint density at radius 2 is 1.85 bits per heavy atom. The molecule has 0 amide bonds. The number of anilines is 1. The first-order valence-electron chi connectivity index (χ1n) is 8.77. The predicted molar refractivity (Wildman–Crippen MR) is 109 cm³/mol. The van der Waals surface area contributed by atoms with Gasteiger partial charge in [0.05, 0.1) is 11.5 Å². The van der Waals surface area contributed by atoms with E-state index in [4.69, 9.17) is 5.73 Å². The van der Waals surface area contributed by atoms with Gasteiger partial charge in [0.2, 0.25) is 0 Å². The van der Waals surface area contributed by atoms with Gasteiger partial charge in [0.25, 0.3) is 0 Å². The number of nitrogens with two attached hydrogens (primary N) is 1. The van der Waals surface area contributed by atoms with E-state index in [9.17, 15) is 8.42 Å². The van der Waals surface area contributed by atoms with Gasteiger partial charge in [0, 0.05) is 12.2 Å². The van der Waals surface area contributed by atoms with Crippen molar-refractivity contribution < 1.29 is 8.42 Å². The molecule has 0 spiro atoms. The number of aliphatic imine (C=N–C) groups is 1. The van der Waals surface area contributed by atoms with Gasteiger partial charge in [0.1, 0.15) is 0 Å². The summed E-state index contributed by atoms with van der Waals surface area (Å²) in [5, 5.41) is 3.05. The zero-order valence-electron chi connectivity index (χ0n) is 15.4. The summed E-state index contributed by atoms with van der Waals surface area (Å²) >= 11 is 0. The minimum Gasteiger partial charge on any atom is -0.370 e. The van der Waals surface area contributed by atoms with E-state index in [1.54, 1.807) is 0 Å². The van der Waals surface area contributed by atoms with Gasteiger partial charge in [-0.1, -0.05) is 56.3 Å². The summed E-state index contributed by atoms with van der Waals surface area (Å²) in [6.07, 6.45) is 0.448. The molecule has 0 unspecified atom stereocenters. The summed E-state index contributed by atoms with van der Waals surface area (Å²) in [6, 6.07) is 17.2. The summed E-state index contributed by atoms with van der Waals surface area (Å²) in [7, 11) is -3.14. The van der Waals surface area contributed by atoms with Gasteiger partial charge < -0.3 is 11.1 Å². The third-order valence-corrected chi connectivity index (χ3v) is 5.63. The van der Waals surface area contributed by atoms with Gasteiger partial charge >= 0.3 is 0 Å². The highest BCUT2D eigenvalue weighted by atomic mass is 32.2. The fourth-order valence-corrected chi connectivity index (χ4v) is 3.96. The smallest absolute Gasteiger partial charge is 0.193 e. The van der Waals surface area contributed by atoms with Gasteiger partial charge in [-0.15, -0.1) is 0 Å². The number of benzene rings is 2. The summed E-state index contributed by atoms with van der Waals surface area (Å²) in [4.78, 5) is 4.22. The molecule has 0 fully saturated rings. The Bertz CT molecular complexity index is 831. The van der Waals surface area contributed by atoms with Crippen LogP contribution in [-0.4, -0.2) is 26.7 Å². The van der Waals surface area contributed by atoms with Gasteiger partial charge in [-0.3, -0.25) is 4.99 Å². The van der Waals surface area contributed by atoms with E-state index >= 15 is 0 Å². The van der Waals surface area contributed by atoms with Crippen LogP contribution < -0.4 is 11.1 Å². The maximum absolute atomic E-state index is 12.1. The minimum absolute atomic E-state index is 0.0628. The van der Waals surface area contributed by atoms with Gasteiger partial charge in [-0.05, 0) is 35.6 Å². The molecule has 0 saturated heterocycles. The Balaban J connectivity index is 1.81. The van der Waals surface area contributed by atoms with Crippen molar-refractivity contribution >= 4 is 21.5 Å². The molecule has 0 radical (unpaired) electrons. The molecule has 0 aliphatic heterocycles. The molecule has 0 aromatic heterocycles. The second kappa shape index (κ2) is 9.38. The summed E-state index contributed by atoms with van der Waals surface area (Å²) < 4.78 is 24.3. The third kappa shape index (κ3) is 6.88. The summed E-state index contributed by atoms with van der Waals surface area (Å²) in [5.41, 5.74) is 8.80. The van der Waals surface area contributed by atoms with Crippen molar-refractivity contribution in [1.82, 2.24) is 0 Å². The Morgan fingerprint density at radius 1 is 1.12 bits per heavy atom. The lowest BCUT2D eigenvalue weighted by molar-refractivity contribution is 0.593. The molecular formula is C20H27N3O2S. The molecule has 2 rings (SSSR count). The first-order valence-corrected chi connectivity index (χ1v) is 10.6. The van der Waals surface area contributed by atoms with Crippen LogP contribution >= 0.6 is 0 Å². The van der Waals surface area contributed by atoms with Crippen LogP contribution in [-0.2, 0) is 15.6 Å². The second-order valence-electron chi connectivity index (χ2n) is 6.60. The number of guanidine groups is 1. The van der Waals surface area contributed by atoms with Crippen LogP contribution in [0.15, 0.2) is 59.6 Å². The molecule has 140 valence electrons. The lowest BCUT2D eigenvalue weighted by Crippen LogP contribution is -2.23. The van der Waals surface area contributed by atoms with Crippen LogP contribution in [0.25, 0.3) is 0 Å². The molecule has 6 heteroatoms. The molecule has 3 N–H and O–H groups in total. The van der Waals surface area contributed by atoms with Crippen LogP contribution in [0.4, 0.5) is 5.69 Å². The quantitative estimate of drug-likeness (QED) is 0.421. The molecule has 0 atom stereocenters. The highest BCUT2D eigenvalue weighted by Gasteiger charge is 2.11. The standard InChI is InChI=1S/C20H27N3O2S/c1-16(2)18-10-6-11-19(14-18)23-20(21)22-12-7-13-26(24,25)15-17-8-4-3-5-9-17/h3-6,8-11,14,16H,7,12-13,15H2,1-2H3,(H3,21,22,23). The Morgan fingerprint density at radius 3 is 2.54 bits per heavy atom. The van der Waals surface area contributed by atoms with Crippen LogP contribution in [0.3, 0.4) is 0 Å². The van der Waals surface area contributed by atoms with E-state index < -0.39 is 9.84 Å². The number of rotatable bonds is 8. The highest BCUT2D eigenvalue weighted by molar-refractivity contribution is 7.90. The zero-order chi connectivity index (χ0) is 19.0. The maximum Gasteiger partial charge on any atom is 0.193 e. The number of hydrogen-bond acceptors (Lipinski definition) is 3.